The fourth-order valence-corrected chi connectivity index (χ4v) is 2.14. The number of hydrogen-bond donors (Lipinski definition) is 1. The maximum atomic E-state index is 13.6. The monoisotopic (exact) mass is 250 g/mol. The molecule has 2 rings (SSSR count). The highest BCUT2D eigenvalue weighted by molar-refractivity contribution is 6.22. The molecule has 0 radical (unpaired) electrons. The SMILES string of the molecule is CC1C(=O)N(c2cccc(F)c2CN)C(=O)C1C. The zero-order valence-corrected chi connectivity index (χ0v) is 10.3. The Kier molecular flexibility index (Phi) is 3.17. The van der Waals surface area contributed by atoms with Crippen molar-refractivity contribution < 1.29 is 14.0 Å². The van der Waals surface area contributed by atoms with Crippen LogP contribution in [0.15, 0.2) is 18.2 Å². The molecule has 0 bridgehead atoms. The molecule has 2 atom stereocenters. The average Bonchev–Trinajstić information content (AvgIpc) is 2.54. The zero-order chi connectivity index (χ0) is 13.4. The molecular formula is C13H15FN2O2. The minimum absolute atomic E-state index is 0.0537. The number of amides is 2. The minimum Gasteiger partial charge on any atom is -0.326 e. The standard InChI is InChI=1S/C13H15FN2O2/c1-7-8(2)13(18)16(12(7)17)11-5-3-4-10(14)9(11)6-15/h3-5,7-8H,6,15H2,1-2H3. The van der Waals surface area contributed by atoms with Crippen molar-refractivity contribution in [3.8, 4) is 0 Å². The van der Waals surface area contributed by atoms with Gasteiger partial charge in [-0.3, -0.25) is 9.59 Å². The number of rotatable bonds is 2. The maximum absolute atomic E-state index is 13.6. The molecule has 4 nitrogen and oxygen atoms in total. The number of carbonyl (C=O) groups is 2. The predicted octanol–water partition coefficient (Wildman–Crippen LogP) is 1.43. The molecule has 0 aromatic heterocycles. The molecule has 0 aliphatic carbocycles. The van der Waals surface area contributed by atoms with Gasteiger partial charge in [0.2, 0.25) is 11.8 Å². The molecule has 1 aromatic rings. The molecule has 1 aliphatic heterocycles. The summed E-state index contributed by atoms with van der Waals surface area (Å²) >= 11 is 0. The molecule has 2 unspecified atom stereocenters. The first-order chi connectivity index (χ1) is 8.49. The van der Waals surface area contributed by atoms with Crippen LogP contribution in [0.4, 0.5) is 10.1 Å². The molecular weight excluding hydrogens is 235 g/mol. The predicted molar refractivity (Wildman–Crippen MR) is 65.1 cm³/mol. The second kappa shape index (κ2) is 4.49. The van der Waals surface area contributed by atoms with Gasteiger partial charge in [0.15, 0.2) is 0 Å². The van der Waals surface area contributed by atoms with Crippen molar-refractivity contribution in [3.05, 3.63) is 29.6 Å². The van der Waals surface area contributed by atoms with Crippen LogP contribution < -0.4 is 10.6 Å². The molecule has 2 N–H and O–H groups in total. The van der Waals surface area contributed by atoms with E-state index in [9.17, 15) is 14.0 Å². The summed E-state index contributed by atoms with van der Waals surface area (Å²) in [6, 6.07) is 4.29. The number of nitrogens with zero attached hydrogens (tertiary/aromatic N) is 1. The summed E-state index contributed by atoms with van der Waals surface area (Å²) in [5.74, 6) is -1.86. The van der Waals surface area contributed by atoms with E-state index in [0.29, 0.717) is 0 Å². The van der Waals surface area contributed by atoms with E-state index in [1.165, 1.54) is 12.1 Å². The molecule has 1 aliphatic rings. The molecule has 0 spiro atoms. The van der Waals surface area contributed by atoms with Crippen molar-refractivity contribution in [3.63, 3.8) is 0 Å². The van der Waals surface area contributed by atoms with E-state index in [-0.39, 0.29) is 41.4 Å². The Bertz CT molecular complexity index is 496. The zero-order valence-electron chi connectivity index (χ0n) is 10.3. The highest BCUT2D eigenvalue weighted by Gasteiger charge is 2.43. The Hall–Kier alpha value is -1.75. The number of nitrogens with two attached hydrogens (primary N) is 1. The number of halogens is 1. The van der Waals surface area contributed by atoms with Crippen LogP contribution in [0.5, 0.6) is 0 Å². The van der Waals surface area contributed by atoms with Crippen molar-refractivity contribution in [2.24, 2.45) is 17.6 Å². The van der Waals surface area contributed by atoms with Gasteiger partial charge in [0.1, 0.15) is 5.82 Å². The summed E-state index contributed by atoms with van der Waals surface area (Å²) in [4.78, 5) is 25.2. The topological polar surface area (TPSA) is 63.4 Å². The van der Waals surface area contributed by atoms with Crippen LogP contribution in [0.3, 0.4) is 0 Å². The molecule has 96 valence electrons. The highest BCUT2D eigenvalue weighted by atomic mass is 19.1. The third kappa shape index (κ3) is 1.71. The summed E-state index contributed by atoms with van der Waals surface area (Å²) in [6.45, 7) is 3.35. The van der Waals surface area contributed by atoms with Crippen molar-refractivity contribution in [1.82, 2.24) is 0 Å². The van der Waals surface area contributed by atoms with Crippen LogP contribution in [0.1, 0.15) is 19.4 Å². The molecule has 1 aromatic carbocycles. The van der Waals surface area contributed by atoms with Gasteiger partial charge in [0.25, 0.3) is 0 Å². The van der Waals surface area contributed by atoms with Crippen LogP contribution in [0, 0.1) is 17.7 Å². The first-order valence-electron chi connectivity index (χ1n) is 5.84. The molecule has 18 heavy (non-hydrogen) atoms. The Morgan fingerprint density at radius 1 is 1.22 bits per heavy atom. The third-order valence-corrected chi connectivity index (χ3v) is 3.51. The van der Waals surface area contributed by atoms with Crippen molar-refractivity contribution in [2.45, 2.75) is 20.4 Å². The second-order valence-corrected chi connectivity index (χ2v) is 4.53. The number of carbonyl (C=O) groups excluding carboxylic acids is 2. The van der Waals surface area contributed by atoms with Gasteiger partial charge in [-0.1, -0.05) is 19.9 Å². The fourth-order valence-electron chi connectivity index (χ4n) is 2.14. The smallest absolute Gasteiger partial charge is 0.237 e. The maximum Gasteiger partial charge on any atom is 0.237 e. The largest absolute Gasteiger partial charge is 0.326 e. The Morgan fingerprint density at radius 3 is 2.28 bits per heavy atom. The summed E-state index contributed by atoms with van der Waals surface area (Å²) in [6.07, 6.45) is 0. The number of anilines is 1. The summed E-state index contributed by atoms with van der Waals surface area (Å²) in [5.41, 5.74) is 5.95. The summed E-state index contributed by atoms with van der Waals surface area (Å²) in [7, 11) is 0. The van der Waals surface area contributed by atoms with Gasteiger partial charge < -0.3 is 5.73 Å². The second-order valence-electron chi connectivity index (χ2n) is 4.53. The van der Waals surface area contributed by atoms with Crippen LogP contribution in [0.2, 0.25) is 0 Å². The van der Waals surface area contributed by atoms with Crippen molar-refractivity contribution in [1.29, 1.82) is 0 Å². The lowest BCUT2D eigenvalue weighted by atomic mass is 10.00. The first-order valence-corrected chi connectivity index (χ1v) is 5.84. The lowest BCUT2D eigenvalue weighted by molar-refractivity contribution is -0.122. The molecule has 5 heteroatoms. The molecule has 1 heterocycles. The van der Waals surface area contributed by atoms with Crippen LogP contribution >= 0.6 is 0 Å². The van der Waals surface area contributed by atoms with Crippen molar-refractivity contribution >= 4 is 17.5 Å². The Balaban J connectivity index is 2.53. The van der Waals surface area contributed by atoms with Crippen LogP contribution in [-0.4, -0.2) is 11.8 Å². The van der Waals surface area contributed by atoms with E-state index in [2.05, 4.69) is 0 Å². The van der Waals surface area contributed by atoms with Crippen LogP contribution in [-0.2, 0) is 16.1 Å². The van der Waals surface area contributed by atoms with E-state index in [0.717, 1.165) is 4.90 Å². The summed E-state index contributed by atoms with van der Waals surface area (Å²) < 4.78 is 13.6. The van der Waals surface area contributed by atoms with Crippen molar-refractivity contribution in [2.75, 3.05) is 4.90 Å². The third-order valence-electron chi connectivity index (χ3n) is 3.51. The fraction of sp³-hybridized carbons (Fsp3) is 0.385. The van der Waals surface area contributed by atoms with Gasteiger partial charge in [0.05, 0.1) is 5.69 Å². The van der Waals surface area contributed by atoms with E-state index in [1.54, 1.807) is 19.9 Å². The van der Waals surface area contributed by atoms with E-state index in [1.807, 2.05) is 0 Å². The van der Waals surface area contributed by atoms with Gasteiger partial charge in [-0.15, -0.1) is 0 Å². The van der Waals surface area contributed by atoms with Gasteiger partial charge in [0, 0.05) is 23.9 Å². The quantitative estimate of drug-likeness (QED) is 0.808. The number of benzene rings is 1. The molecule has 0 saturated carbocycles. The minimum atomic E-state index is -0.497. The molecule has 1 saturated heterocycles. The first kappa shape index (κ1) is 12.7. The summed E-state index contributed by atoms with van der Waals surface area (Å²) in [5, 5.41) is 0. The van der Waals surface area contributed by atoms with E-state index < -0.39 is 5.82 Å². The number of hydrogen-bond acceptors (Lipinski definition) is 3. The highest BCUT2D eigenvalue weighted by Crippen LogP contribution is 2.33. The van der Waals surface area contributed by atoms with E-state index in [4.69, 9.17) is 5.73 Å². The van der Waals surface area contributed by atoms with Gasteiger partial charge in [-0.2, -0.15) is 0 Å². The molecule has 1 fully saturated rings. The van der Waals surface area contributed by atoms with Gasteiger partial charge in [-0.05, 0) is 12.1 Å². The van der Waals surface area contributed by atoms with E-state index >= 15 is 0 Å². The lowest BCUT2D eigenvalue weighted by Gasteiger charge is -2.18. The number of imide groups is 1. The van der Waals surface area contributed by atoms with Gasteiger partial charge in [-0.25, -0.2) is 9.29 Å². The Labute approximate surface area is 105 Å². The van der Waals surface area contributed by atoms with Gasteiger partial charge >= 0.3 is 0 Å². The lowest BCUT2D eigenvalue weighted by Crippen LogP contribution is -2.32. The normalized spacial score (nSPS) is 23.9. The Morgan fingerprint density at radius 2 is 1.78 bits per heavy atom. The average molecular weight is 250 g/mol. The van der Waals surface area contributed by atoms with Crippen LogP contribution in [0.25, 0.3) is 0 Å². The molecule has 2 amide bonds.